The lowest BCUT2D eigenvalue weighted by Gasteiger charge is -2.22. The molecule has 10 heteroatoms. The number of rotatable bonds is 4. The molecule has 0 saturated heterocycles. The van der Waals surface area contributed by atoms with Crippen LogP contribution in [0.25, 0.3) is 11.0 Å². The highest BCUT2D eigenvalue weighted by atomic mass is 35.5. The maximum atomic E-state index is 13.6. The fourth-order valence-corrected chi connectivity index (χ4v) is 5.36. The van der Waals surface area contributed by atoms with Gasteiger partial charge in [-0.25, -0.2) is 9.78 Å². The second-order valence-electron chi connectivity index (χ2n) is 7.58. The van der Waals surface area contributed by atoms with Gasteiger partial charge in [-0.05, 0) is 49.7 Å². The van der Waals surface area contributed by atoms with E-state index in [1.165, 1.54) is 11.0 Å². The highest BCUT2D eigenvalue weighted by Gasteiger charge is 2.45. The van der Waals surface area contributed by atoms with Crippen LogP contribution in [0.2, 0.25) is 10.0 Å². The molecule has 0 saturated carbocycles. The Bertz CT molecular complexity index is 1540. The van der Waals surface area contributed by atoms with Crippen molar-refractivity contribution in [2.75, 3.05) is 11.5 Å². The normalized spacial score (nSPS) is 15.1. The van der Waals surface area contributed by atoms with Crippen molar-refractivity contribution in [3.63, 3.8) is 0 Å². The summed E-state index contributed by atoms with van der Waals surface area (Å²) < 4.78 is 11.0. The van der Waals surface area contributed by atoms with Crippen molar-refractivity contribution in [2.45, 2.75) is 19.9 Å². The number of hydrogen-bond acceptors (Lipinski definition) is 7. The maximum absolute atomic E-state index is 13.6. The lowest BCUT2D eigenvalue weighted by atomic mass is 9.99. The summed E-state index contributed by atoms with van der Waals surface area (Å²) in [6.45, 7) is 3.57. The summed E-state index contributed by atoms with van der Waals surface area (Å²) in [7, 11) is 0. The van der Waals surface area contributed by atoms with E-state index < -0.39 is 17.9 Å². The van der Waals surface area contributed by atoms with E-state index in [2.05, 4.69) is 4.98 Å². The summed E-state index contributed by atoms with van der Waals surface area (Å²) in [5, 5.41) is 1.31. The van der Waals surface area contributed by atoms with Gasteiger partial charge in [-0.1, -0.05) is 46.7 Å². The number of amides is 1. The fourth-order valence-electron chi connectivity index (χ4n) is 4.01. The van der Waals surface area contributed by atoms with Crippen LogP contribution in [0.1, 0.15) is 50.0 Å². The fraction of sp³-hybridized carbons (Fsp3) is 0.167. The lowest BCUT2D eigenvalue weighted by Crippen LogP contribution is -2.29. The van der Waals surface area contributed by atoms with E-state index in [0.29, 0.717) is 21.3 Å². The van der Waals surface area contributed by atoms with Gasteiger partial charge in [0.2, 0.25) is 5.76 Å². The molecule has 1 unspecified atom stereocenters. The summed E-state index contributed by atoms with van der Waals surface area (Å²) >= 11 is 13.4. The van der Waals surface area contributed by atoms with Gasteiger partial charge in [0.1, 0.15) is 10.5 Å². The first-order valence-corrected chi connectivity index (χ1v) is 11.9. The molecular weight excluding hydrogens is 499 g/mol. The van der Waals surface area contributed by atoms with Crippen molar-refractivity contribution >= 4 is 62.5 Å². The van der Waals surface area contributed by atoms with Crippen LogP contribution in [0.5, 0.6) is 0 Å². The zero-order valence-corrected chi connectivity index (χ0v) is 20.3. The molecule has 1 aliphatic heterocycles. The van der Waals surface area contributed by atoms with E-state index in [1.807, 2.05) is 0 Å². The number of fused-ring (bicyclic) bond motifs is 2. The number of ether oxygens (including phenoxy) is 1. The number of nitrogens with zero attached hydrogens (tertiary/aromatic N) is 2. The van der Waals surface area contributed by atoms with Crippen LogP contribution in [-0.4, -0.2) is 23.5 Å². The number of aryl methyl sites for hydroxylation is 1. The van der Waals surface area contributed by atoms with Gasteiger partial charge in [-0.3, -0.25) is 14.5 Å². The third kappa shape index (κ3) is 3.58. The molecule has 1 aliphatic rings. The number of aromatic nitrogens is 1. The number of halogens is 2. The summed E-state index contributed by atoms with van der Waals surface area (Å²) in [6, 6.07) is 10.7. The third-order valence-electron chi connectivity index (χ3n) is 5.45. The molecule has 0 fully saturated rings. The third-order valence-corrected chi connectivity index (χ3v) is 7.06. The number of carbonyl (C=O) groups is 2. The van der Waals surface area contributed by atoms with Gasteiger partial charge in [0.25, 0.3) is 5.91 Å². The largest absolute Gasteiger partial charge is 0.462 e. The monoisotopic (exact) mass is 514 g/mol. The molecule has 0 bridgehead atoms. The molecule has 0 aliphatic carbocycles. The molecule has 1 atom stereocenters. The van der Waals surface area contributed by atoms with E-state index in [9.17, 15) is 14.4 Å². The molecule has 0 spiro atoms. The van der Waals surface area contributed by atoms with Crippen LogP contribution in [0.3, 0.4) is 0 Å². The van der Waals surface area contributed by atoms with E-state index in [0.717, 1.165) is 11.3 Å². The van der Waals surface area contributed by atoms with Crippen molar-refractivity contribution in [2.24, 2.45) is 0 Å². The number of hydrogen-bond donors (Lipinski definition) is 0. The summed E-state index contributed by atoms with van der Waals surface area (Å²) in [4.78, 5) is 45.7. The van der Waals surface area contributed by atoms with Gasteiger partial charge in [0, 0.05) is 10.0 Å². The van der Waals surface area contributed by atoms with Gasteiger partial charge in [-0.2, -0.15) is 0 Å². The zero-order valence-electron chi connectivity index (χ0n) is 17.9. The molecule has 1 amide bonds. The molecule has 2 aromatic heterocycles. The van der Waals surface area contributed by atoms with Gasteiger partial charge in [0.05, 0.1) is 29.3 Å². The Morgan fingerprint density at radius 1 is 1.18 bits per heavy atom. The van der Waals surface area contributed by atoms with Crippen molar-refractivity contribution in [3.8, 4) is 0 Å². The predicted molar refractivity (Wildman–Crippen MR) is 130 cm³/mol. The van der Waals surface area contributed by atoms with E-state index in [-0.39, 0.29) is 44.3 Å². The highest BCUT2D eigenvalue weighted by Crippen LogP contribution is 2.43. The van der Waals surface area contributed by atoms with Crippen molar-refractivity contribution in [1.29, 1.82) is 0 Å². The van der Waals surface area contributed by atoms with Crippen molar-refractivity contribution < 1.29 is 18.7 Å². The van der Waals surface area contributed by atoms with Crippen LogP contribution in [-0.2, 0) is 4.74 Å². The Hall–Kier alpha value is -3.20. The summed E-state index contributed by atoms with van der Waals surface area (Å²) in [6.07, 6.45) is 0. The van der Waals surface area contributed by atoms with Crippen molar-refractivity contribution in [1.82, 2.24) is 4.98 Å². The predicted octanol–water partition coefficient (Wildman–Crippen LogP) is 5.79. The SMILES string of the molecule is CCOC(=O)c1sc(N2C(=O)c3oc4ccc(Cl)cc4c(=O)c3C2c2cccc(Cl)c2)nc1C. The maximum Gasteiger partial charge on any atom is 0.350 e. The molecule has 5 rings (SSSR count). The molecule has 0 radical (unpaired) electrons. The molecule has 2 aromatic carbocycles. The average Bonchev–Trinajstić information content (AvgIpc) is 3.32. The van der Waals surface area contributed by atoms with Crippen LogP contribution < -0.4 is 10.3 Å². The summed E-state index contributed by atoms with van der Waals surface area (Å²) in [5.74, 6) is -1.16. The Kier molecular flexibility index (Phi) is 5.67. The molecule has 172 valence electrons. The first kappa shape index (κ1) is 22.6. The number of thiazole rings is 1. The topological polar surface area (TPSA) is 89.7 Å². The molecule has 3 heterocycles. The number of anilines is 1. The van der Waals surface area contributed by atoms with Crippen molar-refractivity contribution in [3.05, 3.63) is 90.2 Å². The first-order valence-electron chi connectivity index (χ1n) is 10.3. The number of esters is 1. The Morgan fingerprint density at radius 3 is 2.68 bits per heavy atom. The highest BCUT2D eigenvalue weighted by molar-refractivity contribution is 7.17. The Balaban J connectivity index is 1.76. The second kappa shape index (κ2) is 8.54. The number of benzene rings is 2. The van der Waals surface area contributed by atoms with Gasteiger partial charge < -0.3 is 9.15 Å². The van der Waals surface area contributed by atoms with Crippen LogP contribution in [0.15, 0.2) is 51.7 Å². The molecular formula is C24H16Cl2N2O5S. The zero-order chi connectivity index (χ0) is 24.1. The average molecular weight is 515 g/mol. The van der Waals surface area contributed by atoms with Gasteiger partial charge in [0.15, 0.2) is 10.6 Å². The van der Waals surface area contributed by atoms with E-state index >= 15 is 0 Å². The minimum Gasteiger partial charge on any atom is -0.462 e. The second-order valence-corrected chi connectivity index (χ2v) is 9.43. The van der Waals surface area contributed by atoms with E-state index in [4.69, 9.17) is 32.4 Å². The molecule has 0 N–H and O–H groups in total. The van der Waals surface area contributed by atoms with Crippen LogP contribution >= 0.6 is 34.5 Å². The smallest absolute Gasteiger partial charge is 0.350 e. The standard InChI is InChI=1S/C24H16Cl2N2O5S/c1-3-32-23(31)21-11(2)27-24(34-21)28-18(12-5-4-6-13(25)9-12)17-19(29)15-10-14(26)7-8-16(15)33-20(17)22(28)30/h4-10,18H,3H2,1-2H3. The summed E-state index contributed by atoms with van der Waals surface area (Å²) in [5.41, 5.74) is 1.05. The minimum absolute atomic E-state index is 0.0877. The Labute approximate surface area is 207 Å². The van der Waals surface area contributed by atoms with E-state index in [1.54, 1.807) is 50.2 Å². The first-order chi connectivity index (χ1) is 16.3. The quantitative estimate of drug-likeness (QED) is 0.320. The number of carbonyl (C=O) groups excluding carboxylic acids is 2. The lowest BCUT2D eigenvalue weighted by molar-refractivity contribution is 0.0531. The molecule has 7 nitrogen and oxygen atoms in total. The molecule has 4 aromatic rings. The van der Waals surface area contributed by atoms with Gasteiger partial charge >= 0.3 is 5.97 Å². The van der Waals surface area contributed by atoms with Gasteiger partial charge in [-0.15, -0.1) is 0 Å². The Morgan fingerprint density at radius 2 is 1.94 bits per heavy atom. The van der Waals surface area contributed by atoms with Crippen LogP contribution in [0.4, 0.5) is 5.13 Å². The van der Waals surface area contributed by atoms with Crippen LogP contribution in [0, 0.1) is 6.92 Å². The molecule has 34 heavy (non-hydrogen) atoms. The minimum atomic E-state index is -0.860.